The van der Waals surface area contributed by atoms with Crippen molar-refractivity contribution in [2.45, 2.75) is 44.4 Å². The lowest BCUT2D eigenvalue weighted by Crippen LogP contribution is -2.21. The van der Waals surface area contributed by atoms with Gasteiger partial charge in [0.2, 0.25) is 0 Å². The summed E-state index contributed by atoms with van der Waals surface area (Å²) in [6.45, 7) is 2.11. The maximum absolute atomic E-state index is 8.01. The number of hydrogen-bond acceptors (Lipinski definition) is 2. The van der Waals surface area contributed by atoms with Gasteiger partial charge in [-0.05, 0) is 61.3 Å². The maximum Gasteiger partial charge on any atom is 0.118 e. The van der Waals surface area contributed by atoms with Crippen molar-refractivity contribution >= 4 is 5.84 Å². The van der Waals surface area contributed by atoms with Crippen LogP contribution in [0, 0.1) is 11.8 Å². The summed E-state index contributed by atoms with van der Waals surface area (Å²) < 4.78 is 5.22. The first-order valence-corrected chi connectivity index (χ1v) is 8.96. The standard InChI is InChI=1S/C22H29N2O/c1-3-4-8-18(17-9-6-5-7-10-17)13-16-21(22(23)24)19-11-14-20(25-2)15-12-19/h3,5-7,9-12,14-15,18,21H,4,8,13,16H2,1-2H3,(H3,23,24). The third-order valence-electron chi connectivity index (χ3n) is 4.77. The van der Waals surface area contributed by atoms with Crippen LogP contribution in [0.15, 0.2) is 54.6 Å². The van der Waals surface area contributed by atoms with Gasteiger partial charge >= 0.3 is 0 Å². The molecule has 2 atom stereocenters. The molecule has 0 saturated carbocycles. The molecule has 133 valence electrons. The van der Waals surface area contributed by atoms with Gasteiger partial charge in [0, 0.05) is 5.92 Å². The highest BCUT2D eigenvalue weighted by atomic mass is 16.5. The van der Waals surface area contributed by atoms with E-state index >= 15 is 0 Å². The van der Waals surface area contributed by atoms with Gasteiger partial charge in [-0.15, -0.1) is 0 Å². The second-order valence-corrected chi connectivity index (χ2v) is 6.45. The zero-order valence-electron chi connectivity index (χ0n) is 15.2. The smallest absolute Gasteiger partial charge is 0.118 e. The largest absolute Gasteiger partial charge is 0.497 e. The summed E-state index contributed by atoms with van der Waals surface area (Å²) in [7, 11) is 1.66. The van der Waals surface area contributed by atoms with E-state index in [0.29, 0.717) is 5.92 Å². The molecule has 2 rings (SSSR count). The Labute approximate surface area is 151 Å². The topological polar surface area (TPSA) is 59.1 Å². The second-order valence-electron chi connectivity index (χ2n) is 6.45. The van der Waals surface area contributed by atoms with Crippen LogP contribution in [-0.4, -0.2) is 12.9 Å². The van der Waals surface area contributed by atoms with E-state index in [1.54, 1.807) is 7.11 Å². The maximum atomic E-state index is 8.01. The molecule has 0 aliphatic rings. The number of unbranched alkanes of at least 4 members (excludes halogenated alkanes) is 1. The Morgan fingerprint density at radius 2 is 1.68 bits per heavy atom. The van der Waals surface area contributed by atoms with E-state index in [9.17, 15) is 0 Å². The van der Waals surface area contributed by atoms with Crippen molar-refractivity contribution in [1.29, 1.82) is 5.41 Å². The molecule has 0 aliphatic heterocycles. The van der Waals surface area contributed by atoms with Gasteiger partial charge in [0.1, 0.15) is 5.75 Å². The number of nitrogens with one attached hydrogen (secondary N) is 1. The summed E-state index contributed by atoms with van der Waals surface area (Å²) in [5.41, 5.74) is 8.37. The molecule has 0 fully saturated rings. The minimum atomic E-state index is -0.0391. The van der Waals surface area contributed by atoms with E-state index in [-0.39, 0.29) is 11.8 Å². The van der Waals surface area contributed by atoms with Gasteiger partial charge in [0.05, 0.1) is 12.9 Å². The van der Waals surface area contributed by atoms with Crippen molar-refractivity contribution in [2.24, 2.45) is 5.73 Å². The van der Waals surface area contributed by atoms with Crippen molar-refractivity contribution in [3.8, 4) is 5.75 Å². The van der Waals surface area contributed by atoms with Crippen LogP contribution in [0.4, 0.5) is 0 Å². The molecule has 0 saturated heterocycles. The summed E-state index contributed by atoms with van der Waals surface area (Å²) in [5.74, 6) is 1.52. The van der Waals surface area contributed by atoms with Gasteiger partial charge in [-0.25, -0.2) is 0 Å². The molecule has 3 heteroatoms. The first kappa shape index (κ1) is 19.0. The number of rotatable bonds is 10. The molecule has 25 heavy (non-hydrogen) atoms. The van der Waals surface area contributed by atoms with Crippen LogP contribution >= 0.6 is 0 Å². The highest BCUT2D eigenvalue weighted by Crippen LogP contribution is 2.32. The predicted octanol–water partition coefficient (Wildman–Crippen LogP) is 5.28. The summed E-state index contributed by atoms with van der Waals surface area (Å²) in [4.78, 5) is 0. The molecule has 0 spiro atoms. The quantitative estimate of drug-likeness (QED) is 0.457. The van der Waals surface area contributed by atoms with Gasteiger partial charge in [-0.1, -0.05) is 49.4 Å². The molecule has 0 bridgehead atoms. The molecule has 3 nitrogen and oxygen atoms in total. The molecular formula is C22H29N2O. The molecule has 0 aliphatic carbocycles. The Morgan fingerprint density at radius 3 is 2.24 bits per heavy atom. The Hall–Kier alpha value is -2.29. The number of methoxy groups -OCH3 is 1. The molecular weight excluding hydrogens is 308 g/mol. The van der Waals surface area contributed by atoms with E-state index in [1.165, 1.54) is 5.56 Å². The van der Waals surface area contributed by atoms with Crippen LogP contribution in [0.1, 0.15) is 55.6 Å². The van der Waals surface area contributed by atoms with Crippen molar-refractivity contribution < 1.29 is 4.74 Å². The highest BCUT2D eigenvalue weighted by Gasteiger charge is 2.19. The number of ether oxygens (including phenoxy) is 1. The molecule has 1 radical (unpaired) electrons. The monoisotopic (exact) mass is 337 g/mol. The normalized spacial score (nSPS) is 13.2. The highest BCUT2D eigenvalue weighted by molar-refractivity contribution is 5.84. The van der Waals surface area contributed by atoms with Crippen LogP contribution in [0.2, 0.25) is 0 Å². The summed E-state index contributed by atoms with van der Waals surface area (Å²) in [6, 6.07) is 18.6. The number of amidine groups is 1. The molecule has 0 amide bonds. The van der Waals surface area contributed by atoms with Crippen LogP contribution in [0.3, 0.4) is 0 Å². The minimum Gasteiger partial charge on any atom is -0.497 e. The molecule has 3 N–H and O–H groups in total. The molecule has 2 aromatic carbocycles. The Bertz CT molecular complexity index is 637. The third-order valence-corrected chi connectivity index (χ3v) is 4.77. The summed E-state index contributed by atoms with van der Waals surface area (Å²) in [6.07, 6.45) is 6.36. The predicted molar refractivity (Wildman–Crippen MR) is 105 cm³/mol. The summed E-state index contributed by atoms with van der Waals surface area (Å²) in [5, 5.41) is 8.01. The van der Waals surface area contributed by atoms with E-state index in [4.69, 9.17) is 15.9 Å². The lowest BCUT2D eigenvalue weighted by atomic mass is 9.84. The minimum absolute atomic E-state index is 0.0391. The SMILES string of the molecule is C[CH]CCC(CCC(C(=N)N)c1ccc(OC)cc1)c1ccccc1. The van der Waals surface area contributed by atoms with Crippen molar-refractivity contribution in [2.75, 3.05) is 7.11 Å². The molecule has 2 aromatic rings. The molecule has 0 heterocycles. The summed E-state index contributed by atoms with van der Waals surface area (Å²) >= 11 is 0. The van der Waals surface area contributed by atoms with E-state index in [1.807, 2.05) is 24.3 Å². The Balaban J connectivity index is 2.09. The van der Waals surface area contributed by atoms with E-state index in [0.717, 1.165) is 37.0 Å². The lowest BCUT2D eigenvalue weighted by Gasteiger charge is -2.22. The van der Waals surface area contributed by atoms with Crippen molar-refractivity contribution in [3.05, 3.63) is 72.1 Å². The number of benzene rings is 2. The number of hydrogen-bond donors (Lipinski definition) is 2. The zero-order chi connectivity index (χ0) is 18.1. The Kier molecular flexibility index (Phi) is 7.52. The van der Waals surface area contributed by atoms with Gasteiger partial charge in [0.25, 0.3) is 0 Å². The van der Waals surface area contributed by atoms with Crippen LogP contribution in [0.5, 0.6) is 5.75 Å². The van der Waals surface area contributed by atoms with Gasteiger partial charge in [-0.2, -0.15) is 0 Å². The molecule has 2 unspecified atom stereocenters. The Morgan fingerprint density at radius 1 is 1.00 bits per heavy atom. The van der Waals surface area contributed by atoms with Gasteiger partial charge in [0.15, 0.2) is 0 Å². The van der Waals surface area contributed by atoms with Crippen molar-refractivity contribution in [3.63, 3.8) is 0 Å². The first-order valence-electron chi connectivity index (χ1n) is 8.96. The average molecular weight is 337 g/mol. The fraction of sp³-hybridized carbons (Fsp3) is 0.364. The average Bonchev–Trinajstić information content (AvgIpc) is 2.65. The van der Waals surface area contributed by atoms with Crippen LogP contribution < -0.4 is 10.5 Å². The van der Waals surface area contributed by atoms with E-state index in [2.05, 4.69) is 43.7 Å². The van der Waals surface area contributed by atoms with Gasteiger partial charge in [-0.3, -0.25) is 5.41 Å². The lowest BCUT2D eigenvalue weighted by molar-refractivity contribution is 0.414. The van der Waals surface area contributed by atoms with Crippen molar-refractivity contribution in [1.82, 2.24) is 0 Å². The first-order chi connectivity index (χ1) is 12.2. The number of nitrogens with two attached hydrogens (primary N) is 1. The fourth-order valence-electron chi connectivity index (χ4n) is 3.28. The molecule has 0 aromatic heterocycles. The van der Waals surface area contributed by atoms with E-state index < -0.39 is 0 Å². The second kappa shape index (κ2) is 9.87. The van der Waals surface area contributed by atoms with Gasteiger partial charge < -0.3 is 10.5 Å². The fourth-order valence-corrected chi connectivity index (χ4v) is 3.28. The zero-order valence-corrected chi connectivity index (χ0v) is 15.2. The van der Waals surface area contributed by atoms with Crippen LogP contribution in [-0.2, 0) is 0 Å². The third kappa shape index (κ3) is 5.63. The van der Waals surface area contributed by atoms with Crippen LogP contribution in [0.25, 0.3) is 0 Å².